The number of hydrogen-bond acceptors (Lipinski definition) is 5. The van der Waals surface area contributed by atoms with Crippen molar-refractivity contribution in [2.45, 2.75) is 13.3 Å². The summed E-state index contributed by atoms with van der Waals surface area (Å²) in [5.41, 5.74) is -0.182. The van der Waals surface area contributed by atoms with E-state index in [1.807, 2.05) is 0 Å². The Hall–Kier alpha value is -3.30. The highest BCUT2D eigenvalue weighted by atomic mass is 19.4. The molecule has 2 heterocycles. The number of aryl methyl sites for hydroxylation is 2. The van der Waals surface area contributed by atoms with Gasteiger partial charge < -0.3 is 19.0 Å². The summed E-state index contributed by atoms with van der Waals surface area (Å²) < 4.78 is 46.8. The topological polar surface area (TPSA) is 86.4 Å². The van der Waals surface area contributed by atoms with E-state index in [0.29, 0.717) is 0 Å². The number of ether oxygens (including phenoxy) is 1. The minimum absolute atomic E-state index is 0.0179. The van der Waals surface area contributed by atoms with Crippen molar-refractivity contribution in [3.8, 4) is 5.75 Å². The van der Waals surface area contributed by atoms with Crippen LogP contribution in [0.2, 0.25) is 0 Å². The number of nitrogens with zero attached hydrogens (tertiary/aromatic N) is 2. The second-order valence-electron chi connectivity index (χ2n) is 5.40. The van der Waals surface area contributed by atoms with Crippen LogP contribution in [0, 0.1) is 6.92 Å². The number of carbonyl (C=O) groups excluding carboxylic acids is 1. The molecule has 2 aromatic heterocycles. The van der Waals surface area contributed by atoms with Gasteiger partial charge in [0.25, 0.3) is 11.5 Å². The minimum Gasteiger partial charge on any atom is -0.442 e. The first-order chi connectivity index (χ1) is 12.2. The van der Waals surface area contributed by atoms with Gasteiger partial charge in [-0.05, 0) is 31.2 Å². The monoisotopic (exact) mass is 367 g/mol. The van der Waals surface area contributed by atoms with Crippen LogP contribution in [-0.2, 0) is 7.05 Å². The number of nitrogens with one attached hydrogen (secondary N) is 1. The molecule has 0 saturated heterocycles. The standard InChI is InChI=1S/C16H12F3N3O4/c1-8-11(12-14(25-8)20-7-22(2)15(12)24)13(23)21-9-3-5-10(6-4-9)26-16(17,18)19/h3-7H,1-2H3,(H,21,23). The Morgan fingerprint density at radius 3 is 2.54 bits per heavy atom. The second kappa shape index (κ2) is 6.21. The maximum absolute atomic E-state index is 12.5. The lowest BCUT2D eigenvalue weighted by atomic mass is 10.1. The van der Waals surface area contributed by atoms with Crippen molar-refractivity contribution < 1.29 is 27.1 Å². The fourth-order valence-corrected chi connectivity index (χ4v) is 2.39. The molecule has 1 N–H and O–H groups in total. The molecule has 3 rings (SSSR count). The predicted octanol–water partition coefficient (Wildman–Crippen LogP) is 2.99. The first-order valence-electron chi connectivity index (χ1n) is 7.27. The lowest BCUT2D eigenvalue weighted by molar-refractivity contribution is -0.274. The molecule has 3 aromatic rings. The molecule has 0 aliphatic rings. The van der Waals surface area contributed by atoms with Gasteiger partial charge in [-0.3, -0.25) is 9.59 Å². The summed E-state index contributed by atoms with van der Waals surface area (Å²) in [7, 11) is 1.48. The van der Waals surface area contributed by atoms with Crippen LogP contribution in [0.25, 0.3) is 11.1 Å². The third-order valence-electron chi connectivity index (χ3n) is 3.52. The Balaban J connectivity index is 1.89. The SMILES string of the molecule is Cc1oc2ncn(C)c(=O)c2c1C(=O)Nc1ccc(OC(F)(F)F)cc1. The zero-order chi connectivity index (χ0) is 19.1. The molecule has 26 heavy (non-hydrogen) atoms. The highest BCUT2D eigenvalue weighted by Crippen LogP contribution is 2.25. The molecule has 10 heteroatoms. The number of benzene rings is 1. The predicted molar refractivity (Wildman–Crippen MR) is 85.1 cm³/mol. The van der Waals surface area contributed by atoms with Crippen molar-refractivity contribution in [3.05, 3.63) is 52.3 Å². The molecule has 0 saturated carbocycles. The van der Waals surface area contributed by atoms with Crippen molar-refractivity contribution in [2.75, 3.05) is 5.32 Å². The van der Waals surface area contributed by atoms with Gasteiger partial charge in [0.2, 0.25) is 5.71 Å². The number of amides is 1. The highest BCUT2D eigenvalue weighted by molar-refractivity contribution is 6.12. The summed E-state index contributed by atoms with van der Waals surface area (Å²) in [4.78, 5) is 28.7. The van der Waals surface area contributed by atoms with Crippen molar-refractivity contribution >= 4 is 22.7 Å². The summed E-state index contributed by atoms with van der Waals surface area (Å²) in [6.07, 6.45) is -3.53. The van der Waals surface area contributed by atoms with E-state index in [2.05, 4.69) is 15.0 Å². The number of aromatic nitrogens is 2. The minimum atomic E-state index is -4.80. The molecule has 0 bridgehead atoms. The normalized spacial score (nSPS) is 11.6. The zero-order valence-corrected chi connectivity index (χ0v) is 13.5. The molecule has 0 spiro atoms. The average Bonchev–Trinajstić information content (AvgIpc) is 2.88. The molecule has 7 nitrogen and oxygen atoms in total. The second-order valence-corrected chi connectivity index (χ2v) is 5.40. The molecule has 0 unspecified atom stereocenters. The van der Waals surface area contributed by atoms with Crippen molar-refractivity contribution in [1.82, 2.24) is 9.55 Å². The quantitative estimate of drug-likeness (QED) is 0.769. The number of alkyl halides is 3. The summed E-state index contributed by atoms with van der Waals surface area (Å²) in [6.45, 7) is 1.51. The van der Waals surface area contributed by atoms with Crippen LogP contribution in [-0.4, -0.2) is 21.8 Å². The molecular weight excluding hydrogens is 355 g/mol. The van der Waals surface area contributed by atoms with Crippen LogP contribution < -0.4 is 15.6 Å². The average molecular weight is 367 g/mol. The summed E-state index contributed by atoms with van der Waals surface area (Å²) in [5.74, 6) is -0.861. The summed E-state index contributed by atoms with van der Waals surface area (Å²) >= 11 is 0. The van der Waals surface area contributed by atoms with Gasteiger partial charge in [0.1, 0.15) is 23.2 Å². The van der Waals surface area contributed by atoms with Crippen LogP contribution in [0.3, 0.4) is 0 Å². The highest BCUT2D eigenvalue weighted by Gasteiger charge is 2.31. The number of fused-ring (bicyclic) bond motifs is 1. The van der Waals surface area contributed by atoms with Gasteiger partial charge >= 0.3 is 6.36 Å². The van der Waals surface area contributed by atoms with Gasteiger partial charge in [0.15, 0.2) is 0 Å². The van der Waals surface area contributed by atoms with Crippen LogP contribution in [0.5, 0.6) is 5.75 Å². The molecular formula is C16H12F3N3O4. The molecule has 1 aromatic carbocycles. The van der Waals surface area contributed by atoms with Gasteiger partial charge in [-0.25, -0.2) is 4.98 Å². The molecule has 1 amide bonds. The van der Waals surface area contributed by atoms with E-state index in [4.69, 9.17) is 4.42 Å². The first kappa shape index (κ1) is 17.5. The molecule has 0 aliphatic carbocycles. The van der Waals surface area contributed by atoms with Crippen LogP contribution in [0.15, 0.2) is 39.8 Å². The third-order valence-corrected chi connectivity index (χ3v) is 3.52. The van der Waals surface area contributed by atoms with E-state index in [9.17, 15) is 22.8 Å². The molecule has 0 atom stereocenters. The smallest absolute Gasteiger partial charge is 0.442 e. The van der Waals surface area contributed by atoms with Crippen LogP contribution >= 0.6 is 0 Å². The molecule has 0 radical (unpaired) electrons. The van der Waals surface area contributed by atoms with E-state index in [0.717, 1.165) is 12.1 Å². The number of carbonyl (C=O) groups is 1. The zero-order valence-electron chi connectivity index (χ0n) is 13.5. The molecule has 0 fully saturated rings. The third kappa shape index (κ3) is 3.39. The fraction of sp³-hybridized carbons (Fsp3) is 0.188. The van der Waals surface area contributed by atoms with E-state index >= 15 is 0 Å². The lowest BCUT2D eigenvalue weighted by Crippen LogP contribution is -2.20. The van der Waals surface area contributed by atoms with Crippen molar-refractivity contribution in [1.29, 1.82) is 0 Å². The molecule has 136 valence electrons. The van der Waals surface area contributed by atoms with E-state index in [1.165, 1.54) is 37.0 Å². The van der Waals surface area contributed by atoms with Gasteiger partial charge in [0, 0.05) is 12.7 Å². The summed E-state index contributed by atoms with van der Waals surface area (Å²) in [6, 6.07) is 4.61. The van der Waals surface area contributed by atoms with Gasteiger partial charge in [0.05, 0.1) is 5.56 Å². The van der Waals surface area contributed by atoms with E-state index in [1.54, 1.807) is 0 Å². The number of halogens is 3. The summed E-state index contributed by atoms with van der Waals surface area (Å²) in [5, 5.41) is 2.53. The Morgan fingerprint density at radius 2 is 1.92 bits per heavy atom. The van der Waals surface area contributed by atoms with Crippen molar-refractivity contribution in [2.24, 2.45) is 7.05 Å². The maximum atomic E-state index is 12.5. The number of hydrogen-bond donors (Lipinski definition) is 1. The Labute approximate surface area is 144 Å². The maximum Gasteiger partial charge on any atom is 0.573 e. The Bertz CT molecular complexity index is 1040. The fourth-order valence-electron chi connectivity index (χ4n) is 2.39. The van der Waals surface area contributed by atoms with E-state index < -0.39 is 23.6 Å². The van der Waals surface area contributed by atoms with Crippen molar-refractivity contribution in [3.63, 3.8) is 0 Å². The number of anilines is 1. The number of furan rings is 1. The van der Waals surface area contributed by atoms with Gasteiger partial charge in [-0.2, -0.15) is 0 Å². The Kier molecular flexibility index (Phi) is 4.18. The Morgan fingerprint density at radius 1 is 1.27 bits per heavy atom. The lowest BCUT2D eigenvalue weighted by Gasteiger charge is -2.10. The number of rotatable bonds is 3. The van der Waals surface area contributed by atoms with Crippen LogP contribution in [0.4, 0.5) is 18.9 Å². The van der Waals surface area contributed by atoms with Crippen LogP contribution in [0.1, 0.15) is 16.1 Å². The first-order valence-corrected chi connectivity index (χ1v) is 7.27. The van der Waals surface area contributed by atoms with E-state index in [-0.39, 0.29) is 28.1 Å². The van der Waals surface area contributed by atoms with Gasteiger partial charge in [-0.15, -0.1) is 13.2 Å². The molecule has 0 aliphatic heterocycles. The largest absolute Gasteiger partial charge is 0.573 e. The van der Waals surface area contributed by atoms with Gasteiger partial charge in [-0.1, -0.05) is 0 Å².